The van der Waals surface area contributed by atoms with E-state index in [0.717, 1.165) is 17.3 Å². The first-order valence-corrected chi connectivity index (χ1v) is 7.41. The molecule has 1 aromatic rings. The van der Waals surface area contributed by atoms with Gasteiger partial charge in [0.2, 0.25) is 0 Å². The average Bonchev–Trinajstić information content (AvgIpc) is 2.45. The SMILES string of the molecule is CNC(C)c1ccc(N2CC(C)OC(CO)C2)c(Cl)c1. The van der Waals surface area contributed by atoms with E-state index in [1.165, 1.54) is 5.56 Å². The lowest BCUT2D eigenvalue weighted by Crippen LogP contribution is -2.48. The van der Waals surface area contributed by atoms with Crippen molar-refractivity contribution in [1.29, 1.82) is 0 Å². The molecule has 1 heterocycles. The number of hydrogen-bond acceptors (Lipinski definition) is 4. The van der Waals surface area contributed by atoms with Crippen LogP contribution in [0.5, 0.6) is 0 Å². The van der Waals surface area contributed by atoms with E-state index >= 15 is 0 Å². The Labute approximate surface area is 125 Å². The molecule has 0 aliphatic carbocycles. The number of ether oxygens (including phenoxy) is 1. The second-order valence-corrected chi connectivity index (χ2v) is 5.78. The fourth-order valence-corrected chi connectivity index (χ4v) is 2.87. The fraction of sp³-hybridized carbons (Fsp3) is 0.600. The topological polar surface area (TPSA) is 44.7 Å². The van der Waals surface area contributed by atoms with Crippen LogP contribution in [0.1, 0.15) is 25.5 Å². The van der Waals surface area contributed by atoms with Crippen molar-refractivity contribution in [1.82, 2.24) is 5.32 Å². The largest absolute Gasteiger partial charge is 0.394 e. The number of morpholine rings is 1. The molecule has 0 amide bonds. The minimum Gasteiger partial charge on any atom is -0.394 e. The quantitative estimate of drug-likeness (QED) is 0.894. The summed E-state index contributed by atoms with van der Waals surface area (Å²) in [5, 5.41) is 13.2. The Bertz CT molecular complexity index is 455. The predicted molar refractivity (Wildman–Crippen MR) is 82.6 cm³/mol. The van der Waals surface area contributed by atoms with Gasteiger partial charge in [-0.25, -0.2) is 0 Å². The van der Waals surface area contributed by atoms with Gasteiger partial charge in [0.15, 0.2) is 0 Å². The van der Waals surface area contributed by atoms with E-state index in [-0.39, 0.29) is 24.9 Å². The fourth-order valence-electron chi connectivity index (χ4n) is 2.56. The number of nitrogens with one attached hydrogen (secondary N) is 1. The first-order valence-electron chi connectivity index (χ1n) is 7.03. The molecular formula is C15H23ClN2O2. The summed E-state index contributed by atoms with van der Waals surface area (Å²) in [5.74, 6) is 0. The van der Waals surface area contributed by atoms with E-state index in [0.29, 0.717) is 6.54 Å². The molecule has 1 fully saturated rings. The monoisotopic (exact) mass is 298 g/mol. The Morgan fingerprint density at radius 3 is 2.85 bits per heavy atom. The zero-order chi connectivity index (χ0) is 14.7. The van der Waals surface area contributed by atoms with Gasteiger partial charge in [0.05, 0.1) is 29.5 Å². The van der Waals surface area contributed by atoms with Crippen molar-refractivity contribution < 1.29 is 9.84 Å². The predicted octanol–water partition coefficient (Wildman–Crippen LogP) is 2.21. The minimum atomic E-state index is -0.147. The number of anilines is 1. The third-order valence-electron chi connectivity index (χ3n) is 3.78. The lowest BCUT2D eigenvalue weighted by Gasteiger charge is -2.38. The molecule has 0 bridgehead atoms. The molecule has 3 atom stereocenters. The molecule has 1 saturated heterocycles. The van der Waals surface area contributed by atoms with Gasteiger partial charge in [0.1, 0.15) is 0 Å². The van der Waals surface area contributed by atoms with Gasteiger partial charge < -0.3 is 20.1 Å². The summed E-state index contributed by atoms with van der Waals surface area (Å²) in [5.41, 5.74) is 2.17. The lowest BCUT2D eigenvalue weighted by atomic mass is 10.1. The molecule has 2 N–H and O–H groups in total. The van der Waals surface area contributed by atoms with E-state index in [1.807, 2.05) is 20.0 Å². The summed E-state index contributed by atoms with van der Waals surface area (Å²) in [4.78, 5) is 2.19. The first kappa shape index (κ1) is 15.6. The van der Waals surface area contributed by atoms with Crippen LogP contribution in [-0.4, -0.2) is 44.1 Å². The number of aliphatic hydroxyl groups is 1. The molecule has 0 saturated carbocycles. The summed E-state index contributed by atoms with van der Waals surface area (Å²) in [7, 11) is 1.93. The van der Waals surface area contributed by atoms with Crippen molar-refractivity contribution in [2.75, 3.05) is 31.6 Å². The third-order valence-corrected chi connectivity index (χ3v) is 4.08. The van der Waals surface area contributed by atoms with Gasteiger partial charge in [-0.05, 0) is 38.6 Å². The van der Waals surface area contributed by atoms with Gasteiger partial charge in [-0.1, -0.05) is 17.7 Å². The molecule has 4 nitrogen and oxygen atoms in total. The molecule has 1 aliphatic heterocycles. The number of rotatable bonds is 4. The standard InChI is InChI=1S/C15H23ClN2O2/c1-10-7-18(8-13(9-19)20-10)15-5-4-12(6-14(15)16)11(2)17-3/h4-6,10-11,13,17,19H,7-9H2,1-3H3. The summed E-state index contributed by atoms with van der Waals surface area (Å²) < 4.78 is 5.66. The highest BCUT2D eigenvalue weighted by Gasteiger charge is 2.26. The first-order chi connectivity index (χ1) is 9.55. The van der Waals surface area contributed by atoms with Crippen molar-refractivity contribution in [3.63, 3.8) is 0 Å². The van der Waals surface area contributed by atoms with E-state index in [2.05, 4.69) is 29.3 Å². The van der Waals surface area contributed by atoms with Crippen LogP contribution in [0.2, 0.25) is 5.02 Å². The highest BCUT2D eigenvalue weighted by molar-refractivity contribution is 6.33. The zero-order valence-corrected chi connectivity index (χ0v) is 13.0. The number of nitrogens with zero attached hydrogens (tertiary/aromatic N) is 1. The number of benzene rings is 1. The second kappa shape index (κ2) is 6.76. The molecule has 3 unspecified atom stereocenters. The molecular weight excluding hydrogens is 276 g/mol. The Morgan fingerprint density at radius 2 is 2.25 bits per heavy atom. The molecule has 5 heteroatoms. The van der Waals surface area contributed by atoms with E-state index in [1.54, 1.807) is 0 Å². The Hall–Kier alpha value is -0.810. The molecule has 2 rings (SSSR count). The van der Waals surface area contributed by atoms with Crippen LogP contribution in [0.15, 0.2) is 18.2 Å². The van der Waals surface area contributed by atoms with E-state index < -0.39 is 0 Å². The third kappa shape index (κ3) is 3.44. The van der Waals surface area contributed by atoms with E-state index in [4.69, 9.17) is 16.3 Å². The second-order valence-electron chi connectivity index (χ2n) is 5.38. The minimum absolute atomic E-state index is 0.0351. The molecule has 1 aliphatic rings. The summed E-state index contributed by atoms with van der Waals surface area (Å²) in [6, 6.07) is 6.43. The normalized spacial score (nSPS) is 24.8. The van der Waals surface area contributed by atoms with Crippen molar-refractivity contribution in [2.45, 2.75) is 32.1 Å². The average molecular weight is 299 g/mol. The Balaban J connectivity index is 2.20. The molecule has 1 aromatic carbocycles. The Kier molecular flexibility index (Phi) is 5.27. The zero-order valence-electron chi connectivity index (χ0n) is 12.3. The molecule has 0 spiro atoms. The van der Waals surface area contributed by atoms with E-state index in [9.17, 15) is 5.11 Å². The summed E-state index contributed by atoms with van der Waals surface area (Å²) in [6.45, 7) is 5.61. The number of halogens is 1. The molecule has 20 heavy (non-hydrogen) atoms. The van der Waals surface area contributed by atoms with Crippen LogP contribution >= 0.6 is 11.6 Å². The molecule has 0 radical (unpaired) electrons. The van der Waals surface area contributed by atoms with Crippen LogP contribution < -0.4 is 10.2 Å². The maximum atomic E-state index is 9.30. The number of hydrogen-bond donors (Lipinski definition) is 2. The highest BCUT2D eigenvalue weighted by Crippen LogP contribution is 2.31. The number of aliphatic hydroxyl groups excluding tert-OH is 1. The van der Waals surface area contributed by atoms with Crippen molar-refractivity contribution >= 4 is 17.3 Å². The Morgan fingerprint density at radius 1 is 1.50 bits per heavy atom. The smallest absolute Gasteiger partial charge is 0.0984 e. The van der Waals surface area contributed by atoms with Crippen molar-refractivity contribution in [2.24, 2.45) is 0 Å². The van der Waals surface area contributed by atoms with Gasteiger partial charge in [0, 0.05) is 19.1 Å². The van der Waals surface area contributed by atoms with Gasteiger partial charge in [-0.2, -0.15) is 0 Å². The van der Waals surface area contributed by atoms with Gasteiger partial charge in [-0.3, -0.25) is 0 Å². The lowest BCUT2D eigenvalue weighted by molar-refractivity contribution is -0.0421. The van der Waals surface area contributed by atoms with Crippen LogP contribution in [0.25, 0.3) is 0 Å². The van der Waals surface area contributed by atoms with Gasteiger partial charge in [0.25, 0.3) is 0 Å². The van der Waals surface area contributed by atoms with Gasteiger partial charge in [-0.15, -0.1) is 0 Å². The highest BCUT2D eigenvalue weighted by atomic mass is 35.5. The van der Waals surface area contributed by atoms with Crippen LogP contribution in [0.3, 0.4) is 0 Å². The van der Waals surface area contributed by atoms with Crippen LogP contribution in [0.4, 0.5) is 5.69 Å². The summed E-state index contributed by atoms with van der Waals surface area (Å²) in [6.07, 6.45) is -0.0569. The van der Waals surface area contributed by atoms with Crippen molar-refractivity contribution in [3.05, 3.63) is 28.8 Å². The maximum absolute atomic E-state index is 9.30. The molecule has 112 valence electrons. The maximum Gasteiger partial charge on any atom is 0.0984 e. The molecule has 0 aromatic heterocycles. The van der Waals surface area contributed by atoms with Crippen LogP contribution in [-0.2, 0) is 4.74 Å². The van der Waals surface area contributed by atoms with Crippen molar-refractivity contribution in [3.8, 4) is 0 Å². The summed E-state index contributed by atoms with van der Waals surface area (Å²) >= 11 is 6.43. The van der Waals surface area contributed by atoms with Crippen LogP contribution in [0, 0.1) is 0 Å². The van der Waals surface area contributed by atoms with Gasteiger partial charge >= 0.3 is 0 Å².